The zero-order valence-electron chi connectivity index (χ0n) is 7.35. The molecule has 13 heavy (non-hydrogen) atoms. The van der Waals surface area contributed by atoms with Crippen LogP contribution in [0.5, 0.6) is 0 Å². The van der Waals surface area contributed by atoms with Gasteiger partial charge in [0.2, 0.25) is 0 Å². The largest absolute Gasteiger partial charge is 0.228 e. The van der Waals surface area contributed by atoms with Gasteiger partial charge in [-0.3, -0.25) is 0 Å². The normalized spacial score (nSPS) is 27.4. The highest BCUT2D eigenvalue weighted by molar-refractivity contribution is 5.18. The molecule has 2 nitrogen and oxygen atoms in total. The van der Waals surface area contributed by atoms with E-state index in [4.69, 9.17) is 9.78 Å². The number of hydrogen-bond acceptors (Lipinski definition) is 2. The third-order valence-electron chi connectivity index (χ3n) is 2.18. The van der Waals surface area contributed by atoms with Crippen molar-refractivity contribution in [3.05, 3.63) is 48.6 Å². The molecule has 0 saturated carbocycles. The average molecular weight is 176 g/mol. The Hall–Kier alpha value is -1.12. The summed E-state index contributed by atoms with van der Waals surface area (Å²) in [6, 6.07) is 10.1. The van der Waals surface area contributed by atoms with Gasteiger partial charge in [-0.25, -0.2) is 9.78 Å². The Morgan fingerprint density at radius 1 is 1.23 bits per heavy atom. The van der Waals surface area contributed by atoms with Gasteiger partial charge in [-0.15, -0.1) is 6.58 Å². The van der Waals surface area contributed by atoms with Crippen molar-refractivity contribution >= 4 is 0 Å². The van der Waals surface area contributed by atoms with E-state index in [1.54, 1.807) is 6.08 Å². The molecule has 1 aromatic carbocycles. The Balaban J connectivity index is 2.08. The van der Waals surface area contributed by atoms with E-state index >= 15 is 0 Å². The molecule has 0 aromatic heterocycles. The maximum absolute atomic E-state index is 5.17. The van der Waals surface area contributed by atoms with Gasteiger partial charge in [0, 0.05) is 6.42 Å². The molecule has 0 radical (unpaired) electrons. The van der Waals surface area contributed by atoms with Gasteiger partial charge in [0.25, 0.3) is 0 Å². The Morgan fingerprint density at radius 3 is 2.62 bits per heavy atom. The fourth-order valence-corrected chi connectivity index (χ4v) is 1.42. The summed E-state index contributed by atoms with van der Waals surface area (Å²) in [6.07, 6.45) is 2.71. The molecule has 0 spiro atoms. The lowest BCUT2D eigenvalue weighted by atomic mass is 10.0. The van der Waals surface area contributed by atoms with E-state index in [2.05, 4.69) is 6.58 Å². The third-order valence-corrected chi connectivity index (χ3v) is 2.18. The maximum Gasteiger partial charge on any atom is 0.121 e. The maximum atomic E-state index is 5.17. The molecule has 0 N–H and O–H groups in total. The van der Waals surface area contributed by atoms with Crippen LogP contribution in [0.1, 0.15) is 18.1 Å². The van der Waals surface area contributed by atoms with E-state index < -0.39 is 0 Å². The molecule has 1 heterocycles. The standard InChI is InChI=1S/C11H12O2/c1-2-10-8-11(13-12-10)9-6-4-3-5-7-9/h2-7,10-11H,1,8H2/t10-,11-/m0/s1. The smallest absolute Gasteiger partial charge is 0.121 e. The van der Waals surface area contributed by atoms with Crippen LogP contribution < -0.4 is 0 Å². The molecule has 0 aliphatic carbocycles. The minimum Gasteiger partial charge on any atom is -0.228 e. The SMILES string of the molecule is C=C[C@H]1C[C@@H](c2ccccc2)OO1. The summed E-state index contributed by atoms with van der Waals surface area (Å²) in [7, 11) is 0. The molecule has 1 saturated heterocycles. The Morgan fingerprint density at radius 2 is 2.00 bits per heavy atom. The summed E-state index contributed by atoms with van der Waals surface area (Å²) in [5, 5.41) is 0. The molecule has 2 heteroatoms. The molecule has 1 aliphatic heterocycles. The van der Waals surface area contributed by atoms with Crippen LogP contribution >= 0.6 is 0 Å². The molecule has 0 amide bonds. The second kappa shape index (κ2) is 3.73. The molecule has 0 unspecified atom stereocenters. The summed E-state index contributed by atoms with van der Waals surface area (Å²) >= 11 is 0. The molecule has 2 rings (SSSR count). The molecule has 2 atom stereocenters. The van der Waals surface area contributed by atoms with E-state index in [1.807, 2.05) is 30.3 Å². The van der Waals surface area contributed by atoms with Crippen LogP contribution in [0.4, 0.5) is 0 Å². The highest BCUT2D eigenvalue weighted by Gasteiger charge is 2.26. The van der Waals surface area contributed by atoms with E-state index in [9.17, 15) is 0 Å². The minimum absolute atomic E-state index is 0.0326. The van der Waals surface area contributed by atoms with Crippen molar-refractivity contribution in [3.8, 4) is 0 Å². The fraction of sp³-hybridized carbons (Fsp3) is 0.273. The van der Waals surface area contributed by atoms with Crippen molar-refractivity contribution in [2.75, 3.05) is 0 Å². The van der Waals surface area contributed by atoms with Gasteiger partial charge < -0.3 is 0 Å². The summed E-state index contributed by atoms with van der Waals surface area (Å²) < 4.78 is 0. The molecule has 0 bridgehead atoms. The lowest BCUT2D eigenvalue weighted by Gasteiger charge is -2.05. The second-order valence-electron chi connectivity index (χ2n) is 3.10. The molecular formula is C11H12O2. The van der Waals surface area contributed by atoms with E-state index in [0.717, 1.165) is 12.0 Å². The Labute approximate surface area is 77.7 Å². The van der Waals surface area contributed by atoms with Crippen LogP contribution in [-0.4, -0.2) is 6.10 Å². The highest BCUT2D eigenvalue weighted by atomic mass is 17.2. The van der Waals surface area contributed by atoms with Crippen LogP contribution in [-0.2, 0) is 9.78 Å². The number of hydrogen-bond donors (Lipinski definition) is 0. The van der Waals surface area contributed by atoms with Crippen molar-refractivity contribution in [1.29, 1.82) is 0 Å². The fourth-order valence-electron chi connectivity index (χ4n) is 1.42. The van der Waals surface area contributed by atoms with Crippen LogP contribution in [0.2, 0.25) is 0 Å². The van der Waals surface area contributed by atoms with Gasteiger partial charge in [-0.05, 0) is 5.56 Å². The first-order chi connectivity index (χ1) is 6.40. The summed E-state index contributed by atoms with van der Waals surface area (Å²) in [5.74, 6) is 0. The van der Waals surface area contributed by atoms with Crippen molar-refractivity contribution in [3.63, 3.8) is 0 Å². The average Bonchev–Trinajstić information content (AvgIpc) is 2.67. The topological polar surface area (TPSA) is 18.5 Å². The van der Waals surface area contributed by atoms with Gasteiger partial charge >= 0.3 is 0 Å². The molecule has 1 fully saturated rings. The summed E-state index contributed by atoms with van der Waals surface area (Å²) in [6.45, 7) is 3.67. The van der Waals surface area contributed by atoms with Gasteiger partial charge in [0.05, 0.1) is 0 Å². The van der Waals surface area contributed by atoms with Crippen LogP contribution in [0.3, 0.4) is 0 Å². The van der Waals surface area contributed by atoms with Crippen molar-refractivity contribution in [2.45, 2.75) is 18.6 Å². The van der Waals surface area contributed by atoms with Crippen molar-refractivity contribution in [1.82, 2.24) is 0 Å². The molecule has 68 valence electrons. The van der Waals surface area contributed by atoms with E-state index in [0.29, 0.717) is 0 Å². The van der Waals surface area contributed by atoms with Crippen LogP contribution in [0.15, 0.2) is 43.0 Å². The van der Waals surface area contributed by atoms with E-state index in [-0.39, 0.29) is 12.2 Å². The first-order valence-electron chi connectivity index (χ1n) is 4.40. The zero-order valence-corrected chi connectivity index (χ0v) is 7.35. The van der Waals surface area contributed by atoms with Crippen LogP contribution in [0, 0.1) is 0 Å². The van der Waals surface area contributed by atoms with Crippen molar-refractivity contribution < 1.29 is 9.78 Å². The monoisotopic (exact) mass is 176 g/mol. The lowest BCUT2D eigenvalue weighted by molar-refractivity contribution is -0.290. The molecule has 1 aromatic rings. The second-order valence-corrected chi connectivity index (χ2v) is 3.10. The van der Waals surface area contributed by atoms with Gasteiger partial charge in [-0.1, -0.05) is 36.4 Å². The van der Waals surface area contributed by atoms with Crippen LogP contribution in [0.25, 0.3) is 0 Å². The summed E-state index contributed by atoms with van der Waals surface area (Å²) in [5.41, 5.74) is 1.16. The molecular weight excluding hydrogens is 164 g/mol. The Bertz CT molecular complexity index is 281. The van der Waals surface area contributed by atoms with Gasteiger partial charge in [0.1, 0.15) is 12.2 Å². The highest BCUT2D eigenvalue weighted by Crippen LogP contribution is 2.30. The van der Waals surface area contributed by atoms with E-state index in [1.165, 1.54) is 0 Å². The quantitative estimate of drug-likeness (QED) is 0.509. The van der Waals surface area contributed by atoms with Crippen molar-refractivity contribution in [2.24, 2.45) is 0 Å². The molecule has 1 aliphatic rings. The third kappa shape index (κ3) is 1.79. The predicted molar refractivity (Wildman–Crippen MR) is 50.0 cm³/mol. The minimum atomic E-state index is 0.0326. The zero-order chi connectivity index (χ0) is 9.10. The summed E-state index contributed by atoms with van der Waals surface area (Å²) in [4.78, 5) is 10.2. The first kappa shape index (κ1) is 8.48. The van der Waals surface area contributed by atoms with Gasteiger partial charge in [0.15, 0.2) is 0 Å². The first-order valence-corrected chi connectivity index (χ1v) is 4.40. The Kier molecular flexibility index (Phi) is 2.43. The van der Waals surface area contributed by atoms with Gasteiger partial charge in [-0.2, -0.15) is 0 Å². The predicted octanol–water partition coefficient (Wildman–Crippen LogP) is 2.63. The number of rotatable bonds is 2. The lowest BCUT2D eigenvalue weighted by Crippen LogP contribution is -1.98. The number of benzene rings is 1.